The maximum atomic E-state index is 11.0. The van der Waals surface area contributed by atoms with Crippen LogP contribution >= 0.6 is 11.3 Å². The van der Waals surface area contributed by atoms with E-state index in [1.807, 2.05) is 11.3 Å². The van der Waals surface area contributed by atoms with Crippen molar-refractivity contribution in [3.8, 4) is 0 Å². The monoisotopic (exact) mass is 239 g/mol. The highest BCUT2D eigenvalue weighted by atomic mass is 32.1. The van der Waals surface area contributed by atoms with Gasteiger partial charge in [-0.3, -0.25) is 9.69 Å². The highest BCUT2D eigenvalue weighted by molar-refractivity contribution is 7.10. The Morgan fingerprint density at radius 1 is 1.62 bits per heavy atom. The summed E-state index contributed by atoms with van der Waals surface area (Å²) in [5.41, 5.74) is 1.47. The van der Waals surface area contributed by atoms with Gasteiger partial charge in [0.2, 0.25) is 0 Å². The summed E-state index contributed by atoms with van der Waals surface area (Å²) in [6.45, 7) is 3.15. The van der Waals surface area contributed by atoms with Crippen molar-refractivity contribution < 1.29 is 9.53 Å². The summed E-state index contributed by atoms with van der Waals surface area (Å²) in [4.78, 5) is 14.9. The molecular formula is C12H17NO2S. The van der Waals surface area contributed by atoms with Gasteiger partial charge < -0.3 is 4.74 Å². The summed E-state index contributed by atoms with van der Waals surface area (Å²) in [5, 5.41) is 2.17. The van der Waals surface area contributed by atoms with Crippen LogP contribution in [-0.2, 0) is 22.5 Å². The van der Waals surface area contributed by atoms with Crippen LogP contribution in [0.15, 0.2) is 11.4 Å². The largest absolute Gasteiger partial charge is 0.469 e. The molecule has 1 aromatic heterocycles. The first kappa shape index (κ1) is 11.6. The number of methoxy groups -OCH3 is 1. The third-order valence-electron chi connectivity index (χ3n) is 2.97. The number of nitrogens with zero attached hydrogens (tertiary/aromatic N) is 1. The second-order valence-corrected chi connectivity index (χ2v) is 5.08. The van der Waals surface area contributed by atoms with Crippen molar-refractivity contribution >= 4 is 17.3 Å². The standard InChI is InChI=1S/C12H17NO2S/c1-15-12(14)3-2-6-13-7-4-11-10(9-13)5-8-16-11/h5,8H,2-4,6-7,9H2,1H3. The van der Waals surface area contributed by atoms with Crippen molar-refractivity contribution in [3.05, 3.63) is 21.9 Å². The second-order valence-electron chi connectivity index (χ2n) is 4.07. The Kier molecular flexibility index (Phi) is 3.96. The Hall–Kier alpha value is -0.870. The third kappa shape index (κ3) is 2.83. The van der Waals surface area contributed by atoms with Crippen molar-refractivity contribution in [2.45, 2.75) is 25.8 Å². The maximum absolute atomic E-state index is 11.0. The van der Waals surface area contributed by atoms with Crippen molar-refractivity contribution in [2.24, 2.45) is 0 Å². The second kappa shape index (κ2) is 5.46. The highest BCUT2D eigenvalue weighted by Gasteiger charge is 2.16. The number of fused-ring (bicyclic) bond motifs is 1. The lowest BCUT2D eigenvalue weighted by Crippen LogP contribution is -2.30. The fourth-order valence-corrected chi connectivity index (χ4v) is 2.94. The Morgan fingerprint density at radius 2 is 2.50 bits per heavy atom. The van der Waals surface area contributed by atoms with Crippen molar-refractivity contribution in [1.29, 1.82) is 0 Å². The van der Waals surface area contributed by atoms with Gasteiger partial charge in [-0.15, -0.1) is 11.3 Å². The van der Waals surface area contributed by atoms with E-state index in [2.05, 4.69) is 21.1 Å². The predicted molar refractivity (Wildman–Crippen MR) is 64.6 cm³/mol. The van der Waals surface area contributed by atoms with Gasteiger partial charge in [-0.25, -0.2) is 0 Å². The van der Waals surface area contributed by atoms with Crippen molar-refractivity contribution in [3.63, 3.8) is 0 Å². The third-order valence-corrected chi connectivity index (χ3v) is 3.99. The number of hydrogen-bond donors (Lipinski definition) is 0. The topological polar surface area (TPSA) is 29.5 Å². The normalized spacial score (nSPS) is 15.8. The summed E-state index contributed by atoms with van der Waals surface area (Å²) in [5.74, 6) is -0.103. The van der Waals surface area contributed by atoms with E-state index in [9.17, 15) is 4.79 Å². The SMILES string of the molecule is COC(=O)CCCN1CCc2sccc2C1. The van der Waals surface area contributed by atoms with Crippen LogP contribution in [0, 0.1) is 0 Å². The molecule has 1 aliphatic heterocycles. The number of carbonyl (C=O) groups is 1. The minimum Gasteiger partial charge on any atom is -0.469 e. The van der Waals surface area contributed by atoms with E-state index in [4.69, 9.17) is 0 Å². The average Bonchev–Trinajstić information content (AvgIpc) is 2.76. The maximum Gasteiger partial charge on any atom is 0.305 e. The zero-order valence-corrected chi connectivity index (χ0v) is 10.4. The molecule has 1 aromatic rings. The molecule has 0 unspecified atom stereocenters. The molecule has 4 heteroatoms. The predicted octanol–water partition coefficient (Wildman–Crippen LogP) is 2.06. The molecule has 0 saturated heterocycles. The van der Waals surface area contributed by atoms with Crippen LogP contribution in [-0.4, -0.2) is 31.1 Å². The van der Waals surface area contributed by atoms with Crippen LogP contribution < -0.4 is 0 Å². The molecule has 0 fully saturated rings. The molecule has 0 N–H and O–H groups in total. The first-order chi connectivity index (χ1) is 7.79. The number of carbonyl (C=O) groups excluding carboxylic acids is 1. The van der Waals surface area contributed by atoms with E-state index in [0.717, 1.165) is 32.5 Å². The fraction of sp³-hybridized carbons (Fsp3) is 0.583. The zero-order chi connectivity index (χ0) is 11.4. The molecule has 2 rings (SSSR count). The van der Waals surface area contributed by atoms with Gasteiger partial charge in [0.15, 0.2) is 0 Å². The first-order valence-corrected chi connectivity index (χ1v) is 6.52. The van der Waals surface area contributed by atoms with Gasteiger partial charge in [0.1, 0.15) is 0 Å². The molecule has 0 spiro atoms. The summed E-state index contributed by atoms with van der Waals surface area (Å²) >= 11 is 1.86. The van der Waals surface area contributed by atoms with Gasteiger partial charge in [0, 0.05) is 24.4 Å². The van der Waals surface area contributed by atoms with E-state index >= 15 is 0 Å². The van der Waals surface area contributed by atoms with Crippen LogP contribution in [0.1, 0.15) is 23.3 Å². The molecule has 0 amide bonds. The number of thiophene rings is 1. The molecule has 2 heterocycles. The minimum absolute atomic E-state index is 0.103. The number of ether oxygens (including phenoxy) is 1. The van der Waals surface area contributed by atoms with Crippen molar-refractivity contribution in [2.75, 3.05) is 20.2 Å². The van der Waals surface area contributed by atoms with Gasteiger partial charge in [-0.1, -0.05) is 0 Å². The molecule has 0 aliphatic carbocycles. The van der Waals surface area contributed by atoms with Gasteiger partial charge in [0.05, 0.1) is 7.11 Å². The molecule has 0 radical (unpaired) electrons. The summed E-state index contributed by atoms with van der Waals surface area (Å²) in [6.07, 6.45) is 2.58. The highest BCUT2D eigenvalue weighted by Crippen LogP contribution is 2.23. The molecule has 16 heavy (non-hydrogen) atoms. The smallest absolute Gasteiger partial charge is 0.305 e. The number of esters is 1. The van der Waals surface area contributed by atoms with Gasteiger partial charge in [0.25, 0.3) is 0 Å². The first-order valence-electron chi connectivity index (χ1n) is 5.64. The molecule has 1 aliphatic rings. The van der Waals surface area contributed by atoms with Crippen molar-refractivity contribution in [1.82, 2.24) is 4.90 Å². The van der Waals surface area contributed by atoms with Crippen LogP contribution in [0.2, 0.25) is 0 Å². The average molecular weight is 239 g/mol. The van der Waals surface area contributed by atoms with E-state index in [0.29, 0.717) is 6.42 Å². The summed E-state index contributed by atoms with van der Waals surface area (Å²) in [7, 11) is 1.45. The fourth-order valence-electron chi connectivity index (χ4n) is 2.05. The van der Waals surface area contributed by atoms with Gasteiger partial charge >= 0.3 is 5.97 Å². The van der Waals surface area contributed by atoms with E-state index in [1.165, 1.54) is 17.6 Å². The van der Waals surface area contributed by atoms with Gasteiger partial charge in [-0.05, 0) is 36.4 Å². The lowest BCUT2D eigenvalue weighted by atomic mass is 10.1. The zero-order valence-electron chi connectivity index (χ0n) is 9.57. The Bertz CT molecular complexity index is 362. The molecule has 0 bridgehead atoms. The molecule has 88 valence electrons. The van der Waals surface area contributed by atoms with Gasteiger partial charge in [-0.2, -0.15) is 0 Å². The van der Waals surface area contributed by atoms with E-state index in [-0.39, 0.29) is 5.97 Å². The number of hydrogen-bond acceptors (Lipinski definition) is 4. The molecule has 0 atom stereocenters. The quantitative estimate of drug-likeness (QED) is 0.753. The minimum atomic E-state index is -0.103. The molecule has 3 nitrogen and oxygen atoms in total. The van der Waals surface area contributed by atoms with Crippen LogP contribution in [0.25, 0.3) is 0 Å². The van der Waals surface area contributed by atoms with Crippen LogP contribution in [0.3, 0.4) is 0 Å². The Morgan fingerprint density at radius 3 is 3.31 bits per heavy atom. The number of rotatable bonds is 4. The molecule has 0 aromatic carbocycles. The lowest BCUT2D eigenvalue weighted by Gasteiger charge is -2.26. The van der Waals surface area contributed by atoms with E-state index in [1.54, 1.807) is 0 Å². The van der Waals surface area contributed by atoms with E-state index < -0.39 is 0 Å². The summed E-state index contributed by atoms with van der Waals surface area (Å²) in [6, 6.07) is 2.21. The lowest BCUT2D eigenvalue weighted by molar-refractivity contribution is -0.140. The molecule has 0 saturated carbocycles. The van der Waals surface area contributed by atoms with Crippen LogP contribution in [0.5, 0.6) is 0 Å². The Balaban J connectivity index is 1.75. The molecular weight excluding hydrogens is 222 g/mol. The van der Waals surface area contributed by atoms with Crippen LogP contribution in [0.4, 0.5) is 0 Å². The summed E-state index contributed by atoms with van der Waals surface area (Å²) < 4.78 is 4.63. The Labute approximate surface area is 100 Å².